The summed E-state index contributed by atoms with van der Waals surface area (Å²) in [7, 11) is 1.52. The number of nitrogens with one attached hydrogen (secondary N) is 3. The highest BCUT2D eigenvalue weighted by molar-refractivity contribution is 5.99. The molecule has 1 saturated heterocycles. The van der Waals surface area contributed by atoms with Crippen LogP contribution in [0.25, 0.3) is 22.2 Å². The fourth-order valence-corrected chi connectivity index (χ4v) is 4.75. The molecule has 0 unspecified atom stereocenters. The smallest absolute Gasteiger partial charge is 0.251 e. The van der Waals surface area contributed by atoms with Crippen molar-refractivity contribution in [2.24, 2.45) is 11.7 Å². The van der Waals surface area contributed by atoms with E-state index in [1.54, 1.807) is 48.7 Å². The highest BCUT2D eigenvalue weighted by atomic mass is 16.5. The van der Waals surface area contributed by atoms with E-state index < -0.39 is 5.91 Å². The van der Waals surface area contributed by atoms with Gasteiger partial charge in [0.1, 0.15) is 17.5 Å². The first kappa shape index (κ1) is 26.1. The van der Waals surface area contributed by atoms with Crippen LogP contribution >= 0.6 is 0 Å². The molecular formula is C29H27N7O5. The van der Waals surface area contributed by atoms with Crippen molar-refractivity contribution in [2.45, 2.75) is 25.0 Å². The van der Waals surface area contributed by atoms with E-state index in [1.165, 1.54) is 7.11 Å². The third-order valence-corrected chi connectivity index (χ3v) is 7.22. The van der Waals surface area contributed by atoms with Crippen LogP contribution < -0.4 is 25.8 Å². The van der Waals surface area contributed by atoms with E-state index in [-0.39, 0.29) is 29.9 Å². The average molecular weight is 554 g/mol. The van der Waals surface area contributed by atoms with Gasteiger partial charge >= 0.3 is 0 Å². The number of anilines is 2. The highest BCUT2D eigenvalue weighted by Crippen LogP contribution is 2.39. The number of aromatic amines is 1. The fraction of sp³-hybridized carbons (Fsp3) is 0.276. The van der Waals surface area contributed by atoms with Gasteiger partial charge in [-0.15, -0.1) is 0 Å². The van der Waals surface area contributed by atoms with Crippen LogP contribution in [0.5, 0.6) is 11.6 Å². The third-order valence-electron chi connectivity index (χ3n) is 7.22. The summed E-state index contributed by atoms with van der Waals surface area (Å²) in [5, 5.41) is 16.0. The maximum Gasteiger partial charge on any atom is 0.251 e. The summed E-state index contributed by atoms with van der Waals surface area (Å²) >= 11 is 0. The summed E-state index contributed by atoms with van der Waals surface area (Å²) in [5.74, 6) is 0.281. The number of hydrogen-bond acceptors (Lipinski definition) is 9. The molecule has 0 bridgehead atoms. The van der Waals surface area contributed by atoms with E-state index >= 15 is 0 Å². The number of methoxy groups -OCH3 is 1. The lowest BCUT2D eigenvalue weighted by molar-refractivity contribution is -0.00346. The SMILES string of the molecule is COc1cc(C(=O)NC2COC2)ccc1Nc1nc(OC2CC(C#N)C2)c2c(-c3ccc(C(N)=O)cc3)c[nH]c2n1. The minimum atomic E-state index is -0.507. The number of benzene rings is 2. The molecule has 41 heavy (non-hydrogen) atoms. The van der Waals surface area contributed by atoms with Crippen LogP contribution in [0.3, 0.4) is 0 Å². The van der Waals surface area contributed by atoms with Crippen molar-refractivity contribution >= 4 is 34.5 Å². The predicted octanol–water partition coefficient (Wildman–Crippen LogP) is 3.29. The number of rotatable bonds is 9. The molecule has 2 aromatic carbocycles. The van der Waals surface area contributed by atoms with Crippen LogP contribution in [-0.4, -0.2) is 59.2 Å². The number of primary amides is 1. The van der Waals surface area contributed by atoms with Crippen molar-refractivity contribution in [1.29, 1.82) is 5.26 Å². The second kappa shape index (κ2) is 10.8. The number of nitrogens with zero attached hydrogens (tertiary/aromatic N) is 3. The zero-order valence-corrected chi connectivity index (χ0v) is 22.1. The lowest BCUT2D eigenvalue weighted by Crippen LogP contribution is -2.48. The lowest BCUT2D eigenvalue weighted by Gasteiger charge is -2.30. The van der Waals surface area contributed by atoms with Gasteiger partial charge in [0.05, 0.1) is 49.4 Å². The Bertz CT molecular complexity index is 1670. The van der Waals surface area contributed by atoms with Gasteiger partial charge in [-0.3, -0.25) is 9.59 Å². The maximum atomic E-state index is 12.6. The molecule has 0 radical (unpaired) electrons. The van der Waals surface area contributed by atoms with E-state index in [1.807, 2.05) is 0 Å². The molecule has 5 N–H and O–H groups in total. The molecule has 0 atom stereocenters. The van der Waals surface area contributed by atoms with Gasteiger partial charge in [0.2, 0.25) is 17.7 Å². The summed E-state index contributed by atoms with van der Waals surface area (Å²) in [6.45, 7) is 1.01. The van der Waals surface area contributed by atoms with E-state index in [9.17, 15) is 14.9 Å². The number of amides is 2. The molecule has 2 amide bonds. The quantitative estimate of drug-likeness (QED) is 0.242. The summed E-state index contributed by atoms with van der Waals surface area (Å²) in [5.41, 5.74) is 8.95. The summed E-state index contributed by atoms with van der Waals surface area (Å²) < 4.78 is 17.0. The van der Waals surface area contributed by atoms with E-state index in [0.29, 0.717) is 65.5 Å². The Morgan fingerprint density at radius 3 is 2.54 bits per heavy atom. The largest absolute Gasteiger partial charge is 0.495 e. The molecular weight excluding hydrogens is 526 g/mol. The van der Waals surface area contributed by atoms with Crippen LogP contribution in [-0.2, 0) is 4.74 Å². The van der Waals surface area contributed by atoms with E-state index in [0.717, 1.165) is 11.1 Å². The Kier molecular flexibility index (Phi) is 6.86. The molecule has 1 saturated carbocycles. The molecule has 1 aliphatic heterocycles. The van der Waals surface area contributed by atoms with Crippen molar-refractivity contribution in [3.63, 3.8) is 0 Å². The number of carbonyl (C=O) groups excluding carboxylic acids is 2. The van der Waals surface area contributed by atoms with Crippen molar-refractivity contribution < 1.29 is 23.8 Å². The number of ether oxygens (including phenoxy) is 3. The first-order chi connectivity index (χ1) is 19.9. The summed E-state index contributed by atoms with van der Waals surface area (Å²) in [6.07, 6.45) is 2.87. The van der Waals surface area contributed by atoms with Gasteiger partial charge in [-0.05, 0) is 35.9 Å². The third kappa shape index (κ3) is 5.22. The molecule has 2 aliphatic rings. The summed E-state index contributed by atoms with van der Waals surface area (Å²) in [4.78, 5) is 36.7. The number of H-pyrrole nitrogens is 1. The standard InChI is InChI=1S/C29H27N7O5/c1-39-23-10-18(27(38)33-19-13-40-14-19)6-7-22(23)34-29-35-26-24(28(36-29)41-20-8-15(9-20)11-30)21(12-32-26)16-2-4-17(5-3-16)25(31)37/h2-7,10,12,15,19-20H,8-9,13-14H2,1H3,(H2,31,37)(H,33,38)(H2,32,34,35,36). The van der Waals surface area contributed by atoms with Gasteiger partial charge in [0.15, 0.2) is 0 Å². The lowest BCUT2D eigenvalue weighted by atomic mass is 9.83. The summed E-state index contributed by atoms with van der Waals surface area (Å²) in [6, 6.07) is 14.3. The highest BCUT2D eigenvalue weighted by Gasteiger charge is 2.32. The molecule has 6 rings (SSSR count). The number of carbonyl (C=O) groups is 2. The van der Waals surface area contributed by atoms with Crippen LogP contribution in [0.2, 0.25) is 0 Å². The Morgan fingerprint density at radius 2 is 1.88 bits per heavy atom. The molecule has 12 nitrogen and oxygen atoms in total. The van der Waals surface area contributed by atoms with Crippen LogP contribution in [0.4, 0.5) is 11.6 Å². The van der Waals surface area contributed by atoms with Crippen LogP contribution in [0, 0.1) is 17.2 Å². The number of fused-ring (bicyclic) bond motifs is 1. The van der Waals surface area contributed by atoms with Crippen molar-refractivity contribution in [2.75, 3.05) is 25.6 Å². The molecule has 1 aliphatic carbocycles. The second-order valence-electron chi connectivity index (χ2n) is 10.0. The van der Waals surface area contributed by atoms with Gasteiger partial charge in [-0.2, -0.15) is 15.2 Å². The Balaban J connectivity index is 1.32. The van der Waals surface area contributed by atoms with Crippen LogP contribution in [0.1, 0.15) is 33.6 Å². The first-order valence-corrected chi connectivity index (χ1v) is 13.1. The number of aromatic nitrogens is 3. The Hall–Kier alpha value is -5.15. The topological polar surface area (TPSA) is 177 Å². The fourth-order valence-electron chi connectivity index (χ4n) is 4.75. The van der Waals surface area contributed by atoms with Crippen LogP contribution in [0.15, 0.2) is 48.7 Å². The maximum absolute atomic E-state index is 12.6. The van der Waals surface area contributed by atoms with Crippen molar-refractivity contribution in [3.05, 3.63) is 59.8 Å². The molecule has 2 fully saturated rings. The molecule has 3 heterocycles. The van der Waals surface area contributed by atoms with E-state index in [4.69, 9.17) is 24.9 Å². The van der Waals surface area contributed by atoms with Crippen molar-refractivity contribution in [3.8, 4) is 28.8 Å². The monoisotopic (exact) mass is 553 g/mol. The molecule has 208 valence electrons. The predicted molar refractivity (Wildman–Crippen MR) is 149 cm³/mol. The molecule has 12 heteroatoms. The van der Waals surface area contributed by atoms with Crippen molar-refractivity contribution in [1.82, 2.24) is 20.3 Å². The normalized spacial score (nSPS) is 18.0. The molecule has 2 aromatic heterocycles. The number of nitrogens with two attached hydrogens (primary N) is 1. The minimum absolute atomic E-state index is 0.00993. The second-order valence-corrected chi connectivity index (χ2v) is 10.0. The van der Waals surface area contributed by atoms with Gasteiger partial charge in [0.25, 0.3) is 5.91 Å². The van der Waals surface area contributed by atoms with Gasteiger partial charge in [-0.25, -0.2) is 0 Å². The van der Waals surface area contributed by atoms with E-state index in [2.05, 4.69) is 26.7 Å². The van der Waals surface area contributed by atoms with Gasteiger partial charge < -0.3 is 35.6 Å². The number of nitriles is 1. The molecule has 0 spiro atoms. The zero-order chi connectivity index (χ0) is 28.5. The Labute approximate surface area is 234 Å². The zero-order valence-electron chi connectivity index (χ0n) is 22.1. The van der Waals surface area contributed by atoms with Gasteiger partial charge in [-0.1, -0.05) is 12.1 Å². The molecule has 4 aromatic rings. The average Bonchev–Trinajstić information content (AvgIpc) is 3.36. The number of hydrogen-bond donors (Lipinski definition) is 4. The Morgan fingerprint density at radius 1 is 1.12 bits per heavy atom. The minimum Gasteiger partial charge on any atom is -0.495 e. The first-order valence-electron chi connectivity index (χ1n) is 13.1. The van der Waals surface area contributed by atoms with Gasteiger partial charge in [0, 0.05) is 35.7 Å².